The molecule has 0 radical (unpaired) electrons. The molecule has 0 fully saturated rings. The lowest BCUT2D eigenvalue weighted by molar-refractivity contribution is 0.847. The summed E-state index contributed by atoms with van der Waals surface area (Å²) in [6.45, 7) is 7.82. The average molecular weight is 229 g/mol. The van der Waals surface area contributed by atoms with Gasteiger partial charge in [0.1, 0.15) is 0 Å². The number of hydrogen-bond donors (Lipinski definition) is 0. The third-order valence-electron chi connectivity index (χ3n) is 2.80. The Bertz CT molecular complexity index is 565. The maximum atomic E-state index is 12.1. The van der Waals surface area contributed by atoms with E-state index in [1.807, 2.05) is 13.8 Å². The predicted octanol–water partition coefficient (Wildman–Crippen LogP) is 2.88. The molecule has 0 N–H and O–H groups in total. The van der Waals surface area contributed by atoms with E-state index in [0.717, 1.165) is 28.7 Å². The van der Waals surface area contributed by atoms with Crippen molar-refractivity contribution in [3.8, 4) is 11.8 Å². The highest BCUT2D eigenvalue weighted by atomic mass is 16.1. The molecule has 90 valence electrons. The molecule has 1 aromatic rings. The van der Waals surface area contributed by atoms with E-state index < -0.39 is 0 Å². The number of allylic oxidation sites excluding steroid dienone is 2. The van der Waals surface area contributed by atoms with Gasteiger partial charge in [0.15, 0.2) is 0 Å². The maximum Gasteiger partial charge on any atom is 0.258 e. The fourth-order valence-corrected chi connectivity index (χ4v) is 1.95. The van der Waals surface area contributed by atoms with Gasteiger partial charge in [-0.3, -0.25) is 4.79 Å². The van der Waals surface area contributed by atoms with E-state index in [2.05, 4.69) is 24.8 Å². The van der Waals surface area contributed by atoms with Gasteiger partial charge in [0, 0.05) is 24.4 Å². The zero-order valence-corrected chi connectivity index (χ0v) is 11.2. The molecule has 0 bridgehead atoms. The highest BCUT2D eigenvalue weighted by Crippen LogP contribution is 2.17. The molecule has 0 aromatic carbocycles. The number of hydrogen-bond acceptors (Lipinski definition) is 1. The molecule has 0 saturated carbocycles. The SMILES string of the molecule is CC#Cc1cn(C)c(=O)c(/C(C)=C\CC)c1C. The summed E-state index contributed by atoms with van der Waals surface area (Å²) in [5, 5.41) is 0. The standard InChI is InChI=1S/C15H19NO/c1-6-8-11(3)14-12(4)13(9-7-2)10-16(5)15(14)17/h8,10H,6H2,1-5H3/b11-8-. The largest absolute Gasteiger partial charge is 0.317 e. The summed E-state index contributed by atoms with van der Waals surface area (Å²) in [6.07, 6.45) is 4.81. The second kappa shape index (κ2) is 5.54. The lowest BCUT2D eigenvalue weighted by Gasteiger charge is -2.10. The number of rotatable bonds is 2. The van der Waals surface area contributed by atoms with Crippen LogP contribution in [0.4, 0.5) is 0 Å². The molecule has 17 heavy (non-hydrogen) atoms. The molecule has 0 unspecified atom stereocenters. The van der Waals surface area contributed by atoms with Crippen molar-refractivity contribution in [2.45, 2.75) is 34.1 Å². The van der Waals surface area contributed by atoms with Crippen LogP contribution in [0.1, 0.15) is 43.9 Å². The van der Waals surface area contributed by atoms with Crippen LogP contribution in [0, 0.1) is 18.8 Å². The summed E-state index contributed by atoms with van der Waals surface area (Å²) in [6, 6.07) is 0. The van der Waals surface area contributed by atoms with Gasteiger partial charge >= 0.3 is 0 Å². The maximum absolute atomic E-state index is 12.1. The van der Waals surface area contributed by atoms with Crippen LogP contribution in [0.15, 0.2) is 17.1 Å². The lowest BCUT2D eigenvalue weighted by atomic mass is 9.99. The first-order valence-corrected chi connectivity index (χ1v) is 5.83. The van der Waals surface area contributed by atoms with Gasteiger partial charge in [-0.2, -0.15) is 0 Å². The Morgan fingerprint density at radius 3 is 2.71 bits per heavy atom. The Labute approximate surface area is 103 Å². The summed E-state index contributed by atoms with van der Waals surface area (Å²) < 4.78 is 1.61. The first kappa shape index (κ1) is 13.3. The van der Waals surface area contributed by atoms with E-state index >= 15 is 0 Å². The van der Waals surface area contributed by atoms with E-state index in [4.69, 9.17) is 0 Å². The van der Waals surface area contributed by atoms with Crippen LogP contribution in [-0.2, 0) is 7.05 Å². The fourth-order valence-electron chi connectivity index (χ4n) is 1.95. The van der Waals surface area contributed by atoms with Crippen molar-refractivity contribution in [3.05, 3.63) is 39.3 Å². The van der Waals surface area contributed by atoms with E-state index in [1.165, 1.54) is 0 Å². The van der Waals surface area contributed by atoms with Gasteiger partial charge < -0.3 is 4.57 Å². The van der Waals surface area contributed by atoms with Crippen LogP contribution < -0.4 is 5.56 Å². The van der Waals surface area contributed by atoms with Gasteiger partial charge in [0.25, 0.3) is 5.56 Å². The summed E-state index contributed by atoms with van der Waals surface area (Å²) in [4.78, 5) is 12.1. The highest BCUT2D eigenvalue weighted by Gasteiger charge is 2.11. The molecule has 1 aromatic heterocycles. The highest BCUT2D eigenvalue weighted by molar-refractivity contribution is 5.67. The minimum absolute atomic E-state index is 0.0475. The second-order valence-electron chi connectivity index (χ2n) is 4.13. The number of nitrogens with zero attached hydrogens (tertiary/aromatic N) is 1. The van der Waals surface area contributed by atoms with Crippen molar-refractivity contribution in [1.82, 2.24) is 4.57 Å². The zero-order valence-electron chi connectivity index (χ0n) is 11.2. The molecule has 2 heteroatoms. The second-order valence-corrected chi connectivity index (χ2v) is 4.13. The van der Waals surface area contributed by atoms with E-state index in [0.29, 0.717) is 0 Å². The molecular weight excluding hydrogens is 210 g/mol. The number of aryl methyl sites for hydroxylation is 1. The van der Waals surface area contributed by atoms with E-state index in [-0.39, 0.29) is 5.56 Å². The molecule has 0 atom stereocenters. The van der Waals surface area contributed by atoms with Gasteiger partial charge in [-0.1, -0.05) is 18.9 Å². The van der Waals surface area contributed by atoms with E-state index in [1.54, 1.807) is 24.7 Å². The molecule has 0 amide bonds. The van der Waals surface area contributed by atoms with Gasteiger partial charge in [-0.25, -0.2) is 0 Å². The van der Waals surface area contributed by atoms with Crippen molar-refractivity contribution >= 4 is 5.57 Å². The van der Waals surface area contributed by atoms with Crippen LogP contribution >= 0.6 is 0 Å². The van der Waals surface area contributed by atoms with Crippen LogP contribution in [0.2, 0.25) is 0 Å². The average Bonchev–Trinajstić information content (AvgIpc) is 2.27. The summed E-state index contributed by atoms with van der Waals surface area (Å²) in [5.74, 6) is 5.93. The first-order valence-electron chi connectivity index (χ1n) is 5.83. The van der Waals surface area contributed by atoms with Gasteiger partial charge in [0.2, 0.25) is 0 Å². The van der Waals surface area contributed by atoms with E-state index in [9.17, 15) is 4.79 Å². The van der Waals surface area contributed by atoms with Crippen LogP contribution in [-0.4, -0.2) is 4.57 Å². The molecular formula is C15H19NO. The third kappa shape index (κ3) is 2.68. The smallest absolute Gasteiger partial charge is 0.258 e. The van der Waals surface area contributed by atoms with Gasteiger partial charge in [-0.15, -0.1) is 5.92 Å². The van der Waals surface area contributed by atoms with Crippen molar-refractivity contribution in [2.75, 3.05) is 0 Å². The molecule has 0 saturated heterocycles. The molecule has 0 aliphatic carbocycles. The third-order valence-corrected chi connectivity index (χ3v) is 2.80. The fraction of sp³-hybridized carbons (Fsp3) is 0.400. The van der Waals surface area contributed by atoms with Crippen molar-refractivity contribution in [1.29, 1.82) is 0 Å². The zero-order chi connectivity index (χ0) is 13.0. The topological polar surface area (TPSA) is 22.0 Å². The Morgan fingerprint density at radius 2 is 2.18 bits per heavy atom. The minimum atomic E-state index is 0.0475. The number of pyridine rings is 1. The summed E-state index contributed by atoms with van der Waals surface area (Å²) in [5.41, 5.74) is 3.77. The monoisotopic (exact) mass is 229 g/mol. The molecule has 1 rings (SSSR count). The first-order chi connectivity index (χ1) is 8.02. The molecule has 0 spiro atoms. The van der Waals surface area contributed by atoms with Gasteiger partial charge in [-0.05, 0) is 38.3 Å². The lowest BCUT2D eigenvalue weighted by Crippen LogP contribution is -2.22. The Kier molecular flexibility index (Phi) is 4.34. The Morgan fingerprint density at radius 1 is 1.53 bits per heavy atom. The van der Waals surface area contributed by atoms with Crippen molar-refractivity contribution < 1.29 is 0 Å². The summed E-state index contributed by atoms with van der Waals surface area (Å²) >= 11 is 0. The minimum Gasteiger partial charge on any atom is -0.317 e. The molecule has 0 aliphatic rings. The molecule has 0 aliphatic heterocycles. The quantitative estimate of drug-likeness (QED) is 0.715. The number of aromatic nitrogens is 1. The van der Waals surface area contributed by atoms with Crippen LogP contribution in [0.5, 0.6) is 0 Å². The van der Waals surface area contributed by atoms with Gasteiger partial charge in [0.05, 0.1) is 0 Å². The Balaban J connectivity index is 3.62. The van der Waals surface area contributed by atoms with Crippen LogP contribution in [0.3, 0.4) is 0 Å². The van der Waals surface area contributed by atoms with Crippen LogP contribution in [0.25, 0.3) is 5.57 Å². The molecule has 1 heterocycles. The Hall–Kier alpha value is -1.75. The predicted molar refractivity (Wildman–Crippen MR) is 72.9 cm³/mol. The van der Waals surface area contributed by atoms with Crippen molar-refractivity contribution in [2.24, 2.45) is 7.05 Å². The van der Waals surface area contributed by atoms with Crippen molar-refractivity contribution in [3.63, 3.8) is 0 Å². The molecule has 2 nitrogen and oxygen atoms in total. The normalized spacial score (nSPS) is 11.0. The summed E-state index contributed by atoms with van der Waals surface area (Å²) in [7, 11) is 1.77.